The van der Waals surface area contributed by atoms with E-state index in [1.165, 1.54) is 11.4 Å². The van der Waals surface area contributed by atoms with Crippen molar-refractivity contribution in [2.45, 2.75) is 6.42 Å². The van der Waals surface area contributed by atoms with E-state index in [9.17, 15) is 18.0 Å². The van der Waals surface area contributed by atoms with Gasteiger partial charge in [0.25, 0.3) is 0 Å². The van der Waals surface area contributed by atoms with E-state index in [2.05, 4.69) is 0 Å². The van der Waals surface area contributed by atoms with Crippen LogP contribution in [0.4, 0.5) is 0 Å². The molecule has 0 aromatic carbocycles. The van der Waals surface area contributed by atoms with E-state index in [1.807, 2.05) is 0 Å². The fourth-order valence-electron chi connectivity index (χ4n) is 1.15. The molecule has 1 aromatic heterocycles. The molecule has 1 rings (SSSR count). The first-order chi connectivity index (χ1) is 8.80. The lowest BCUT2D eigenvalue weighted by molar-refractivity contribution is -0.117. The number of primary amides is 1. The van der Waals surface area contributed by atoms with E-state index < -0.39 is 21.7 Å². The van der Waals surface area contributed by atoms with Gasteiger partial charge in [0.2, 0.25) is 5.91 Å². The smallest absolute Gasteiger partial charge is 0.346 e. The number of hydrogen-bond donors (Lipinski definition) is 2. The van der Waals surface area contributed by atoms with Gasteiger partial charge in [-0.1, -0.05) is 0 Å². The molecule has 0 bridgehead atoms. The minimum Gasteiger partial charge on any atom is -0.492 e. The first-order valence-electron chi connectivity index (χ1n) is 5.23. The Bertz CT molecular complexity index is 562. The molecule has 106 valence electrons. The molecular formula is C10H13NO6S2. The van der Waals surface area contributed by atoms with Crippen LogP contribution >= 0.6 is 11.3 Å². The Hall–Kier alpha value is -1.61. The van der Waals surface area contributed by atoms with Gasteiger partial charge in [-0.15, -0.1) is 11.3 Å². The van der Waals surface area contributed by atoms with Gasteiger partial charge in [0, 0.05) is 17.9 Å². The molecule has 0 aliphatic carbocycles. The lowest BCUT2D eigenvalue weighted by Gasteiger charge is -2.04. The monoisotopic (exact) mass is 307 g/mol. The van der Waals surface area contributed by atoms with Crippen molar-refractivity contribution in [1.29, 1.82) is 0 Å². The van der Waals surface area contributed by atoms with Gasteiger partial charge in [-0.3, -0.25) is 4.79 Å². The minimum absolute atomic E-state index is 0.100. The lowest BCUT2D eigenvalue weighted by Crippen LogP contribution is -2.21. The zero-order chi connectivity index (χ0) is 14.5. The highest BCUT2D eigenvalue weighted by molar-refractivity contribution is 7.91. The average Bonchev–Trinajstić information content (AvgIpc) is 2.75. The molecule has 1 heterocycles. The number of carbonyl (C=O) groups excluding carboxylic acids is 1. The molecule has 0 unspecified atom stereocenters. The summed E-state index contributed by atoms with van der Waals surface area (Å²) < 4.78 is 28.0. The molecule has 0 atom stereocenters. The Balaban J connectivity index is 2.40. The number of nitrogens with two attached hydrogens (primary N) is 1. The van der Waals surface area contributed by atoms with Crippen molar-refractivity contribution in [3.63, 3.8) is 0 Å². The molecule has 7 nitrogen and oxygen atoms in total. The topological polar surface area (TPSA) is 124 Å². The summed E-state index contributed by atoms with van der Waals surface area (Å²) in [5, 5.41) is 10.2. The van der Waals surface area contributed by atoms with Gasteiger partial charge in [0.05, 0.1) is 11.5 Å². The number of amides is 1. The maximum Gasteiger partial charge on any atom is 0.346 e. The van der Waals surface area contributed by atoms with E-state index in [0.29, 0.717) is 5.75 Å². The Morgan fingerprint density at radius 3 is 2.58 bits per heavy atom. The summed E-state index contributed by atoms with van der Waals surface area (Å²) >= 11 is 0.995. The number of carboxylic acids is 1. The molecule has 0 aliphatic rings. The Kier molecular flexibility index (Phi) is 5.31. The third kappa shape index (κ3) is 5.71. The van der Waals surface area contributed by atoms with Crippen molar-refractivity contribution >= 4 is 33.1 Å². The van der Waals surface area contributed by atoms with E-state index in [-0.39, 0.29) is 29.4 Å². The summed E-state index contributed by atoms with van der Waals surface area (Å²) in [4.78, 5) is 21.2. The third-order valence-electron chi connectivity index (χ3n) is 2.11. The van der Waals surface area contributed by atoms with Crippen LogP contribution < -0.4 is 10.5 Å². The second-order valence-corrected chi connectivity index (χ2v) is 6.88. The predicted octanol–water partition coefficient (Wildman–Crippen LogP) is 0.115. The summed E-state index contributed by atoms with van der Waals surface area (Å²) in [7, 11) is -3.40. The quantitative estimate of drug-likeness (QED) is 0.702. The highest BCUT2D eigenvalue weighted by atomic mass is 32.2. The molecule has 19 heavy (non-hydrogen) atoms. The van der Waals surface area contributed by atoms with Crippen molar-refractivity contribution in [1.82, 2.24) is 0 Å². The van der Waals surface area contributed by atoms with Crippen LogP contribution in [0, 0.1) is 0 Å². The fraction of sp³-hybridized carbons (Fsp3) is 0.400. The van der Waals surface area contributed by atoms with Gasteiger partial charge >= 0.3 is 5.97 Å². The SMILES string of the molecule is NC(=O)CCS(=O)(=O)CCOc1csc(C(=O)O)c1. The Morgan fingerprint density at radius 1 is 1.37 bits per heavy atom. The summed E-state index contributed by atoms with van der Waals surface area (Å²) in [6, 6.07) is 1.32. The molecule has 1 amide bonds. The van der Waals surface area contributed by atoms with Crippen LogP contribution in [0.1, 0.15) is 16.1 Å². The zero-order valence-corrected chi connectivity index (χ0v) is 11.5. The Morgan fingerprint density at radius 2 is 2.05 bits per heavy atom. The maximum atomic E-state index is 11.5. The van der Waals surface area contributed by atoms with Crippen molar-refractivity contribution < 1.29 is 27.9 Å². The number of rotatable bonds is 8. The maximum absolute atomic E-state index is 11.5. The molecule has 0 radical (unpaired) electrons. The number of carboxylic acid groups (broad SMARTS) is 1. The van der Waals surface area contributed by atoms with Gasteiger partial charge < -0.3 is 15.6 Å². The van der Waals surface area contributed by atoms with Crippen LogP contribution in [0.5, 0.6) is 5.75 Å². The highest BCUT2D eigenvalue weighted by Gasteiger charge is 2.13. The van der Waals surface area contributed by atoms with Crippen LogP contribution in [0.15, 0.2) is 11.4 Å². The summed E-state index contributed by atoms with van der Waals surface area (Å²) in [5.41, 5.74) is 4.86. The van der Waals surface area contributed by atoms with E-state index in [1.54, 1.807) is 0 Å². The Labute approximate surface area is 113 Å². The average molecular weight is 307 g/mol. The van der Waals surface area contributed by atoms with Crippen LogP contribution in [0.25, 0.3) is 0 Å². The van der Waals surface area contributed by atoms with Crippen molar-refractivity contribution in [2.75, 3.05) is 18.1 Å². The number of thiophene rings is 1. The minimum atomic E-state index is -3.40. The molecule has 0 spiro atoms. The molecule has 0 saturated carbocycles. The fourth-order valence-corrected chi connectivity index (χ4v) is 2.87. The molecule has 0 aliphatic heterocycles. The highest BCUT2D eigenvalue weighted by Crippen LogP contribution is 2.21. The second kappa shape index (κ2) is 6.53. The molecule has 9 heteroatoms. The molecule has 0 saturated heterocycles. The van der Waals surface area contributed by atoms with Gasteiger partial charge in [-0.05, 0) is 0 Å². The summed E-state index contributed by atoms with van der Waals surface area (Å²) in [6.07, 6.45) is -0.218. The standard InChI is InChI=1S/C10H13NO6S2/c11-9(12)1-3-19(15,16)4-2-17-7-5-8(10(13)14)18-6-7/h5-6H,1-4H2,(H2,11,12)(H,13,14). The predicted molar refractivity (Wildman–Crippen MR) is 69.2 cm³/mol. The van der Waals surface area contributed by atoms with E-state index in [0.717, 1.165) is 11.3 Å². The second-order valence-electron chi connectivity index (χ2n) is 3.67. The van der Waals surface area contributed by atoms with Crippen LogP contribution in [-0.4, -0.2) is 43.5 Å². The first kappa shape index (κ1) is 15.4. The number of carbonyl (C=O) groups is 2. The third-order valence-corrected chi connectivity index (χ3v) is 4.62. The largest absolute Gasteiger partial charge is 0.492 e. The first-order valence-corrected chi connectivity index (χ1v) is 7.93. The van der Waals surface area contributed by atoms with Gasteiger partial charge in [-0.2, -0.15) is 0 Å². The molecule has 3 N–H and O–H groups in total. The van der Waals surface area contributed by atoms with Crippen molar-refractivity contribution in [3.05, 3.63) is 16.3 Å². The van der Waals surface area contributed by atoms with E-state index >= 15 is 0 Å². The lowest BCUT2D eigenvalue weighted by atomic mass is 10.4. The number of hydrogen-bond acceptors (Lipinski definition) is 6. The summed E-state index contributed by atoms with van der Waals surface area (Å²) in [5.74, 6) is -1.98. The van der Waals surface area contributed by atoms with Crippen molar-refractivity contribution in [3.8, 4) is 5.75 Å². The van der Waals surface area contributed by atoms with Gasteiger partial charge in [0.15, 0.2) is 9.84 Å². The molecular weight excluding hydrogens is 294 g/mol. The van der Waals surface area contributed by atoms with Gasteiger partial charge in [-0.25, -0.2) is 13.2 Å². The van der Waals surface area contributed by atoms with Crippen molar-refractivity contribution in [2.24, 2.45) is 5.73 Å². The van der Waals surface area contributed by atoms with Crippen LogP contribution in [0.2, 0.25) is 0 Å². The zero-order valence-electron chi connectivity index (χ0n) is 9.87. The van der Waals surface area contributed by atoms with Gasteiger partial charge in [0.1, 0.15) is 17.2 Å². The van der Waals surface area contributed by atoms with E-state index in [4.69, 9.17) is 15.6 Å². The number of ether oxygens (including phenoxy) is 1. The molecule has 1 aromatic rings. The number of aromatic carboxylic acids is 1. The van der Waals surface area contributed by atoms with Crippen LogP contribution in [0.3, 0.4) is 0 Å². The molecule has 0 fully saturated rings. The normalized spacial score (nSPS) is 11.2. The van der Waals surface area contributed by atoms with Crippen LogP contribution in [-0.2, 0) is 14.6 Å². The number of sulfone groups is 1. The summed E-state index contributed by atoms with van der Waals surface area (Å²) in [6.45, 7) is -0.100.